The highest BCUT2D eigenvalue weighted by Gasteiger charge is 2.23. The number of nitrogens with zero attached hydrogens (tertiary/aromatic N) is 1. The standard InChI is InChI=1S/C16H20N2O2/c1-19-11-4-2-5-12(10-11)20-15-8-7-14(17)16-13(15)6-3-9-18-16/h3,6-9,11-12H,2,4-5,10,17H2,1H3. The molecule has 0 spiro atoms. The molecule has 4 nitrogen and oxygen atoms in total. The predicted molar refractivity (Wildman–Crippen MR) is 79.8 cm³/mol. The lowest BCUT2D eigenvalue weighted by atomic mass is 9.95. The number of hydrogen-bond acceptors (Lipinski definition) is 4. The molecular formula is C16H20N2O2. The van der Waals surface area contributed by atoms with Crippen molar-refractivity contribution in [2.24, 2.45) is 0 Å². The smallest absolute Gasteiger partial charge is 0.129 e. The Morgan fingerprint density at radius 1 is 1.20 bits per heavy atom. The number of anilines is 1. The van der Waals surface area contributed by atoms with Crippen LogP contribution < -0.4 is 10.5 Å². The molecule has 1 aromatic carbocycles. The number of benzene rings is 1. The summed E-state index contributed by atoms with van der Waals surface area (Å²) >= 11 is 0. The van der Waals surface area contributed by atoms with Crippen molar-refractivity contribution in [3.8, 4) is 5.75 Å². The molecule has 1 fully saturated rings. The number of fused-ring (bicyclic) bond motifs is 1. The van der Waals surface area contributed by atoms with E-state index in [-0.39, 0.29) is 6.10 Å². The molecule has 4 heteroatoms. The van der Waals surface area contributed by atoms with E-state index >= 15 is 0 Å². The lowest BCUT2D eigenvalue weighted by Crippen LogP contribution is -2.29. The summed E-state index contributed by atoms with van der Waals surface area (Å²) in [5, 5.41) is 0.979. The monoisotopic (exact) mass is 272 g/mol. The van der Waals surface area contributed by atoms with Crippen molar-refractivity contribution in [1.82, 2.24) is 4.98 Å². The Labute approximate surface area is 118 Å². The Hall–Kier alpha value is -1.81. The number of nitrogens with two attached hydrogens (primary N) is 1. The van der Waals surface area contributed by atoms with Gasteiger partial charge in [-0.2, -0.15) is 0 Å². The van der Waals surface area contributed by atoms with E-state index in [4.69, 9.17) is 15.2 Å². The molecule has 0 amide bonds. The van der Waals surface area contributed by atoms with Crippen LogP contribution in [-0.4, -0.2) is 24.3 Å². The summed E-state index contributed by atoms with van der Waals surface area (Å²) in [6.45, 7) is 0. The Bertz CT molecular complexity index is 600. The average Bonchev–Trinajstić information content (AvgIpc) is 2.51. The van der Waals surface area contributed by atoms with Crippen molar-refractivity contribution < 1.29 is 9.47 Å². The van der Waals surface area contributed by atoms with Crippen molar-refractivity contribution in [3.63, 3.8) is 0 Å². The zero-order valence-corrected chi connectivity index (χ0v) is 11.7. The lowest BCUT2D eigenvalue weighted by Gasteiger charge is -2.29. The van der Waals surface area contributed by atoms with Crippen molar-refractivity contribution in [3.05, 3.63) is 30.5 Å². The third-order valence-electron chi connectivity index (χ3n) is 3.97. The minimum absolute atomic E-state index is 0.209. The molecule has 20 heavy (non-hydrogen) atoms. The first-order valence-corrected chi connectivity index (χ1v) is 7.10. The van der Waals surface area contributed by atoms with Gasteiger partial charge in [0.1, 0.15) is 11.9 Å². The fourth-order valence-electron chi connectivity index (χ4n) is 2.87. The number of nitrogen functional groups attached to an aromatic ring is 1. The van der Waals surface area contributed by atoms with Crippen LogP contribution in [0, 0.1) is 0 Å². The zero-order valence-electron chi connectivity index (χ0n) is 11.7. The summed E-state index contributed by atoms with van der Waals surface area (Å²) in [5.74, 6) is 0.865. The highest BCUT2D eigenvalue weighted by molar-refractivity contribution is 5.93. The van der Waals surface area contributed by atoms with Crippen molar-refractivity contribution in [2.45, 2.75) is 37.9 Å². The largest absolute Gasteiger partial charge is 0.490 e. The minimum Gasteiger partial charge on any atom is -0.490 e. The summed E-state index contributed by atoms with van der Waals surface area (Å²) in [6, 6.07) is 7.72. The Morgan fingerprint density at radius 2 is 2.05 bits per heavy atom. The summed E-state index contributed by atoms with van der Waals surface area (Å²) in [4.78, 5) is 4.34. The zero-order chi connectivity index (χ0) is 13.9. The lowest BCUT2D eigenvalue weighted by molar-refractivity contribution is 0.0214. The molecule has 0 aliphatic heterocycles. The second kappa shape index (κ2) is 5.67. The molecule has 0 radical (unpaired) electrons. The van der Waals surface area contributed by atoms with E-state index in [9.17, 15) is 0 Å². The van der Waals surface area contributed by atoms with Gasteiger partial charge < -0.3 is 15.2 Å². The van der Waals surface area contributed by atoms with Gasteiger partial charge in [0.05, 0.1) is 17.3 Å². The van der Waals surface area contributed by atoms with Gasteiger partial charge in [-0.25, -0.2) is 0 Å². The predicted octanol–water partition coefficient (Wildman–Crippen LogP) is 3.15. The van der Waals surface area contributed by atoms with Crippen LogP contribution >= 0.6 is 0 Å². The molecule has 0 saturated heterocycles. The third-order valence-corrected chi connectivity index (χ3v) is 3.97. The number of aromatic nitrogens is 1. The first kappa shape index (κ1) is 13.2. The second-order valence-corrected chi connectivity index (χ2v) is 5.32. The quantitative estimate of drug-likeness (QED) is 0.872. The van der Waals surface area contributed by atoms with E-state index in [0.29, 0.717) is 11.8 Å². The van der Waals surface area contributed by atoms with Gasteiger partial charge in [-0.15, -0.1) is 0 Å². The molecule has 2 aromatic rings. The molecule has 2 unspecified atom stereocenters. The van der Waals surface area contributed by atoms with Crippen LogP contribution in [0.3, 0.4) is 0 Å². The molecule has 2 atom stereocenters. The molecule has 0 bridgehead atoms. The van der Waals surface area contributed by atoms with Gasteiger partial charge in [-0.05, 0) is 43.5 Å². The van der Waals surface area contributed by atoms with Crippen molar-refractivity contribution in [2.75, 3.05) is 12.8 Å². The average molecular weight is 272 g/mol. The van der Waals surface area contributed by atoms with Crippen molar-refractivity contribution >= 4 is 16.6 Å². The number of methoxy groups -OCH3 is 1. The van der Waals surface area contributed by atoms with Gasteiger partial charge in [0, 0.05) is 25.1 Å². The molecule has 1 aliphatic carbocycles. The van der Waals surface area contributed by atoms with E-state index in [2.05, 4.69) is 4.98 Å². The van der Waals surface area contributed by atoms with Crippen LogP contribution in [0.2, 0.25) is 0 Å². The molecule has 3 rings (SSSR count). The number of pyridine rings is 1. The summed E-state index contributed by atoms with van der Waals surface area (Å²) < 4.78 is 11.6. The fourth-order valence-corrected chi connectivity index (χ4v) is 2.87. The van der Waals surface area contributed by atoms with E-state index < -0.39 is 0 Å². The maximum atomic E-state index is 6.18. The second-order valence-electron chi connectivity index (χ2n) is 5.32. The van der Waals surface area contributed by atoms with Crippen LogP contribution in [0.4, 0.5) is 5.69 Å². The van der Waals surface area contributed by atoms with Gasteiger partial charge in [0.25, 0.3) is 0 Å². The highest BCUT2D eigenvalue weighted by Crippen LogP contribution is 2.32. The van der Waals surface area contributed by atoms with Crippen LogP contribution in [-0.2, 0) is 4.74 Å². The summed E-state index contributed by atoms with van der Waals surface area (Å²) in [7, 11) is 1.77. The molecule has 106 valence electrons. The van der Waals surface area contributed by atoms with E-state index in [1.165, 1.54) is 0 Å². The van der Waals surface area contributed by atoms with Crippen LogP contribution in [0.15, 0.2) is 30.5 Å². The molecular weight excluding hydrogens is 252 g/mol. The van der Waals surface area contributed by atoms with Crippen LogP contribution in [0.25, 0.3) is 10.9 Å². The van der Waals surface area contributed by atoms with Gasteiger partial charge >= 0.3 is 0 Å². The first-order chi connectivity index (χ1) is 9.78. The number of hydrogen-bond donors (Lipinski definition) is 1. The maximum Gasteiger partial charge on any atom is 0.129 e. The number of ether oxygens (including phenoxy) is 2. The normalized spacial score (nSPS) is 22.9. The van der Waals surface area contributed by atoms with E-state index in [1.807, 2.05) is 24.3 Å². The highest BCUT2D eigenvalue weighted by atomic mass is 16.5. The van der Waals surface area contributed by atoms with Crippen LogP contribution in [0.5, 0.6) is 5.75 Å². The van der Waals surface area contributed by atoms with Gasteiger partial charge in [0.2, 0.25) is 0 Å². The summed E-state index contributed by atoms with van der Waals surface area (Å²) in [6.07, 6.45) is 6.57. The van der Waals surface area contributed by atoms with Gasteiger partial charge in [-0.1, -0.05) is 0 Å². The Morgan fingerprint density at radius 3 is 2.90 bits per heavy atom. The molecule has 2 N–H and O–H groups in total. The van der Waals surface area contributed by atoms with E-state index in [0.717, 1.165) is 42.3 Å². The molecule has 1 aliphatic rings. The maximum absolute atomic E-state index is 6.18. The molecule has 1 heterocycles. The van der Waals surface area contributed by atoms with Gasteiger partial charge in [-0.3, -0.25) is 4.98 Å². The molecule has 1 saturated carbocycles. The fraction of sp³-hybridized carbons (Fsp3) is 0.438. The topological polar surface area (TPSA) is 57.4 Å². The Balaban J connectivity index is 1.86. The van der Waals surface area contributed by atoms with Gasteiger partial charge in [0.15, 0.2) is 0 Å². The molecule has 1 aromatic heterocycles. The summed E-state index contributed by atoms with van der Waals surface area (Å²) in [5.41, 5.74) is 7.46. The minimum atomic E-state index is 0.209. The van der Waals surface area contributed by atoms with E-state index in [1.54, 1.807) is 13.3 Å². The van der Waals surface area contributed by atoms with Crippen molar-refractivity contribution in [1.29, 1.82) is 0 Å². The Kier molecular flexibility index (Phi) is 3.74. The first-order valence-electron chi connectivity index (χ1n) is 7.10. The third kappa shape index (κ3) is 2.56. The van der Waals surface area contributed by atoms with Crippen LogP contribution in [0.1, 0.15) is 25.7 Å². The number of rotatable bonds is 3. The SMILES string of the molecule is COC1CCCC(Oc2ccc(N)c3ncccc23)C1.